The molecule has 0 aliphatic heterocycles. The van der Waals surface area contributed by atoms with Gasteiger partial charge in [-0.3, -0.25) is 4.79 Å². The molecule has 0 atom stereocenters. The van der Waals surface area contributed by atoms with Crippen LogP contribution in [0.25, 0.3) is 0 Å². The molecule has 0 bridgehead atoms. The van der Waals surface area contributed by atoms with E-state index in [4.69, 9.17) is 4.74 Å². The summed E-state index contributed by atoms with van der Waals surface area (Å²) in [6, 6.07) is 18.2. The molecule has 4 heteroatoms. The van der Waals surface area contributed by atoms with Gasteiger partial charge in [0.2, 0.25) is 5.91 Å². The molecule has 2 rings (SSSR count). The summed E-state index contributed by atoms with van der Waals surface area (Å²) in [5.41, 5.74) is 1.23. The van der Waals surface area contributed by atoms with Crippen molar-refractivity contribution in [2.24, 2.45) is 0 Å². The van der Waals surface area contributed by atoms with E-state index in [-0.39, 0.29) is 5.91 Å². The Kier molecular flexibility index (Phi) is 7.54. The second-order valence-corrected chi connectivity index (χ2v) is 6.38. The molecule has 0 saturated carbocycles. The fourth-order valence-electron chi connectivity index (χ4n) is 2.21. The van der Waals surface area contributed by atoms with Gasteiger partial charge in [0.25, 0.3) is 0 Å². The second kappa shape index (κ2) is 9.95. The Morgan fingerprint density at radius 1 is 1.13 bits per heavy atom. The zero-order valence-electron chi connectivity index (χ0n) is 13.5. The summed E-state index contributed by atoms with van der Waals surface area (Å²) in [6.45, 7) is 0.714. The molecule has 0 aromatic heterocycles. The molecule has 122 valence electrons. The lowest BCUT2D eigenvalue weighted by atomic mass is 10.1. The monoisotopic (exact) mass is 329 g/mol. The maximum Gasteiger partial charge on any atom is 0.220 e. The summed E-state index contributed by atoms with van der Waals surface area (Å²) in [5, 5.41) is 2.98. The number of rotatable bonds is 9. The predicted molar refractivity (Wildman–Crippen MR) is 96.1 cm³/mol. The van der Waals surface area contributed by atoms with E-state index in [1.54, 1.807) is 18.9 Å². The van der Waals surface area contributed by atoms with Crippen molar-refractivity contribution >= 4 is 17.7 Å². The molecule has 0 unspecified atom stereocenters. The molecule has 0 radical (unpaired) electrons. The zero-order valence-corrected chi connectivity index (χ0v) is 14.3. The quantitative estimate of drug-likeness (QED) is 0.560. The minimum absolute atomic E-state index is 0.124. The van der Waals surface area contributed by atoms with Crippen molar-refractivity contribution in [3.8, 4) is 5.75 Å². The molecule has 0 saturated heterocycles. The number of amides is 1. The summed E-state index contributed by atoms with van der Waals surface area (Å²) >= 11 is 1.71. The maximum atomic E-state index is 11.8. The number of hydrogen-bond acceptors (Lipinski definition) is 3. The third kappa shape index (κ3) is 6.78. The molecule has 0 aliphatic rings. The van der Waals surface area contributed by atoms with Gasteiger partial charge in [-0.25, -0.2) is 0 Å². The Balaban J connectivity index is 1.57. The van der Waals surface area contributed by atoms with E-state index in [1.807, 2.05) is 36.4 Å². The largest absolute Gasteiger partial charge is 0.497 e. The normalized spacial score (nSPS) is 10.3. The molecule has 1 N–H and O–H groups in total. The van der Waals surface area contributed by atoms with Crippen LogP contribution in [0, 0.1) is 0 Å². The fraction of sp³-hybridized carbons (Fsp3) is 0.316. The van der Waals surface area contributed by atoms with Crippen LogP contribution in [0.3, 0.4) is 0 Å². The van der Waals surface area contributed by atoms with Gasteiger partial charge in [-0.2, -0.15) is 0 Å². The highest BCUT2D eigenvalue weighted by atomic mass is 32.2. The lowest BCUT2D eigenvalue weighted by Gasteiger charge is -2.06. The van der Waals surface area contributed by atoms with E-state index in [2.05, 4.69) is 23.5 Å². The highest BCUT2D eigenvalue weighted by molar-refractivity contribution is 7.99. The highest BCUT2D eigenvalue weighted by Gasteiger charge is 2.02. The molecule has 3 nitrogen and oxygen atoms in total. The van der Waals surface area contributed by atoms with Gasteiger partial charge in [-0.15, -0.1) is 11.8 Å². The average molecular weight is 329 g/mol. The molecule has 0 spiro atoms. The number of methoxy groups -OCH3 is 1. The first-order valence-corrected chi connectivity index (χ1v) is 8.84. The summed E-state index contributed by atoms with van der Waals surface area (Å²) in [4.78, 5) is 13.0. The zero-order chi connectivity index (χ0) is 16.3. The van der Waals surface area contributed by atoms with E-state index in [0.29, 0.717) is 13.0 Å². The molecular weight excluding hydrogens is 306 g/mol. The average Bonchev–Trinajstić information content (AvgIpc) is 2.60. The number of benzene rings is 2. The summed E-state index contributed by atoms with van der Waals surface area (Å²) in [5.74, 6) is 1.81. The Hall–Kier alpha value is -1.94. The lowest BCUT2D eigenvalue weighted by molar-refractivity contribution is -0.120. The smallest absolute Gasteiger partial charge is 0.220 e. The van der Waals surface area contributed by atoms with E-state index in [0.717, 1.165) is 24.3 Å². The molecule has 2 aromatic carbocycles. The van der Waals surface area contributed by atoms with Crippen LogP contribution in [0.15, 0.2) is 59.5 Å². The van der Waals surface area contributed by atoms with Crippen LogP contribution in [0.4, 0.5) is 0 Å². The van der Waals surface area contributed by atoms with Crippen molar-refractivity contribution in [2.75, 3.05) is 19.4 Å². The minimum Gasteiger partial charge on any atom is -0.497 e. The number of carbonyl (C=O) groups is 1. The summed E-state index contributed by atoms with van der Waals surface area (Å²) in [7, 11) is 1.67. The number of ether oxygens (including phenoxy) is 1. The second-order valence-electron chi connectivity index (χ2n) is 5.22. The molecule has 0 heterocycles. The molecular formula is C19H23NO2S. The number of hydrogen-bond donors (Lipinski definition) is 1. The summed E-state index contributed by atoms with van der Waals surface area (Å²) in [6.07, 6.45) is 2.43. The number of aryl methyl sites for hydroxylation is 1. The van der Waals surface area contributed by atoms with Crippen molar-refractivity contribution < 1.29 is 9.53 Å². The van der Waals surface area contributed by atoms with Crippen LogP contribution in [-0.2, 0) is 11.2 Å². The molecule has 1 amide bonds. The van der Waals surface area contributed by atoms with Gasteiger partial charge in [0.15, 0.2) is 0 Å². The SMILES string of the molecule is COc1cccc(CCCNC(=O)CCSc2ccccc2)c1. The third-order valence-corrected chi connectivity index (χ3v) is 4.45. The van der Waals surface area contributed by atoms with E-state index in [1.165, 1.54) is 10.5 Å². The van der Waals surface area contributed by atoms with Gasteiger partial charge in [0.05, 0.1) is 7.11 Å². The van der Waals surface area contributed by atoms with Gasteiger partial charge >= 0.3 is 0 Å². The van der Waals surface area contributed by atoms with Gasteiger partial charge in [-0.1, -0.05) is 30.3 Å². The van der Waals surface area contributed by atoms with Crippen LogP contribution in [0.5, 0.6) is 5.75 Å². The predicted octanol–water partition coefficient (Wildman–Crippen LogP) is 3.93. The van der Waals surface area contributed by atoms with Crippen molar-refractivity contribution in [2.45, 2.75) is 24.2 Å². The number of nitrogens with one attached hydrogen (secondary N) is 1. The van der Waals surface area contributed by atoms with E-state index >= 15 is 0 Å². The van der Waals surface area contributed by atoms with Crippen molar-refractivity contribution in [3.05, 3.63) is 60.2 Å². The standard InChI is InChI=1S/C19H23NO2S/c1-22-17-9-5-7-16(15-17)8-6-13-20-19(21)12-14-23-18-10-3-2-4-11-18/h2-5,7,9-11,15H,6,8,12-14H2,1H3,(H,20,21). The Bertz CT molecular complexity index is 601. The van der Waals surface area contributed by atoms with Crippen LogP contribution >= 0.6 is 11.8 Å². The Morgan fingerprint density at radius 3 is 2.74 bits per heavy atom. The molecule has 0 aliphatic carbocycles. The van der Waals surface area contributed by atoms with Crippen molar-refractivity contribution in [3.63, 3.8) is 0 Å². The van der Waals surface area contributed by atoms with Gasteiger partial charge in [-0.05, 0) is 42.7 Å². The van der Waals surface area contributed by atoms with Crippen molar-refractivity contribution in [1.29, 1.82) is 0 Å². The molecule has 2 aromatic rings. The van der Waals surface area contributed by atoms with Gasteiger partial charge in [0, 0.05) is 23.6 Å². The van der Waals surface area contributed by atoms with Crippen LogP contribution in [0.1, 0.15) is 18.4 Å². The lowest BCUT2D eigenvalue weighted by Crippen LogP contribution is -2.24. The van der Waals surface area contributed by atoms with Crippen molar-refractivity contribution in [1.82, 2.24) is 5.32 Å². The topological polar surface area (TPSA) is 38.3 Å². The summed E-state index contributed by atoms with van der Waals surface area (Å²) < 4.78 is 5.21. The van der Waals surface area contributed by atoms with Gasteiger partial charge < -0.3 is 10.1 Å². The number of thioether (sulfide) groups is 1. The first-order chi connectivity index (χ1) is 11.3. The first kappa shape index (κ1) is 17.4. The Labute approximate surface area is 142 Å². The minimum atomic E-state index is 0.124. The van der Waals surface area contributed by atoms with Crippen LogP contribution in [-0.4, -0.2) is 25.3 Å². The Morgan fingerprint density at radius 2 is 1.96 bits per heavy atom. The number of carbonyl (C=O) groups excluding carboxylic acids is 1. The molecule has 23 heavy (non-hydrogen) atoms. The van der Waals surface area contributed by atoms with Gasteiger partial charge in [0.1, 0.15) is 5.75 Å². The maximum absolute atomic E-state index is 11.8. The van der Waals surface area contributed by atoms with Crippen LogP contribution < -0.4 is 10.1 Å². The third-order valence-electron chi connectivity index (χ3n) is 3.44. The van der Waals surface area contributed by atoms with Crippen LogP contribution in [0.2, 0.25) is 0 Å². The highest BCUT2D eigenvalue weighted by Crippen LogP contribution is 2.17. The van der Waals surface area contributed by atoms with E-state index in [9.17, 15) is 4.79 Å². The van der Waals surface area contributed by atoms with E-state index < -0.39 is 0 Å². The fourth-order valence-corrected chi connectivity index (χ4v) is 3.09. The molecule has 0 fully saturated rings. The first-order valence-electron chi connectivity index (χ1n) is 7.85.